The van der Waals surface area contributed by atoms with E-state index >= 15 is 0 Å². The normalized spacial score (nSPS) is 16.5. The minimum absolute atomic E-state index is 0.0105. The Morgan fingerprint density at radius 2 is 1.63 bits per heavy atom. The predicted molar refractivity (Wildman–Crippen MR) is 111 cm³/mol. The van der Waals surface area contributed by atoms with E-state index in [1.54, 1.807) is 0 Å². The molecule has 2 aromatic carbocycles. The van der Waals surface area contributed by atoms with Gasteiger partial charge in [0.05, 0.1) is 0 Å². The molecule has 2 aromatic rings. The Morgan fingerprint density at radius 3 is 2.26 bits per heavy atom. The Labute approximate surface area is 169 Å². The summed E-state index contributed by atoms with van der Waals surface area (Å²) in [7, 11) is 0. The summed E-state index contributed by atoms with van der Waals surface area (Å²) in [6, 6.07) is 15.5. The van der Waals surface area contributed by atoms with Gasteiger partial charge in [-0.05, 0) is 48.2 Å². The highest BCUT2D eigenvalue weighted by Crippen LogP contribution is 2.18. The second-order valence-corrected chi connectivity index (χ2v) is 8.11. The predicted octanol–water partition coefficient (Wildman–Crippen LogP) is 4.68. The fourth-order valence-electron chi connectivity index (χ4n) is 3.44. The maximum absolute atomic E-state index is 12.4. The van der Waals surface area contributed by atoms with E-state index in [1.807, 2.05) is 48.5 Å². The van der Waals surface area contributed by atoms with Crippen molar-refractivity contribution < 1.29 is 9.90 Å². The van der Waals surface area contributed by atoms with Gasteiger partial charge in [0.2, 0.25) is 0 Å². The summed E-state index contributed by atoms with van der Waals surface area (Å²) in [6.07, 6.45) is 6.41. The van der Waals surface area contributed by atoms with Crippen molar-refractivity contribution in [2.24, 2.45) is 0 Å². The van der Waals surface area contributed by atoms with Crippen molar-refractivity contribution in [3.05, 3.63) is 69.7 Å². The smallest absolute Gasteiger partial charge is 0.251 e. The van der Waals surface area contributed by atoms with E-state index in [9.17, 15) is 9.90 Å². The molecule has 0 radical (unpaired) electrons. The highest BCUT2D eigenvalue weighted by atomic mass is 79.9. The lowest BCUT2D eigenvalue weighted by Gasteiger charge is -2.16. The second-order valence-electron chi connectivity index (χ2n) is 7.19. The van der Waals surface area contributed by atoms with Crippen LogP contribution in [0.25, 0.3) is 0 Å². The number of halogens is 1. The summed E-state index contributed by atoms with van der Waals surface area (Å²) in [5.41, 5.74) is 2.53. The molecule has 0 saturated heterocycles. The number of carbonyl (C=O) groups is 1. The Bertz CT molecular complexity index is 723. The van der Waals surface area contributed by atoms with Crippen molar-refractivity contribution in [2.45, 2.75) is 57.3 Å². The first-order valence-corrected chi connectivity index (χ1v) is 10.5. The molecule has 0 aromatic heterocycles. The molecule has 0 heterocycles. The number of aliphatic hydroxyl groups is 1. The van der Waals surface area contributed by atoms with Gasteiger partial charge in [-0.2, -0.15) is 0 Å². The van der Waals surface area contributed by atoms with Crippen molar-refractivity contribution in [1.82, 2.24) is 10.6 Å². The third kappa shape index (κ3) is 6.16. The zero-order chi connectivity index (χ0) is 19.1. The van der Waals surface area contributed by atoms with Gasteiger partial charge in [-0.1, -0.05) is 65.9 Å². The van der Waals surface area contributed by atoms with Gasteiger partial charge in [-0.25, -0.2) is 0 Å². The Hall–Kier alpha value is -1.69. The van der Waals surface area contributed by atoms with Gasteiger partial charge in [0.15, 0.2) is 0 Å². The molecule has 1 saturated carbocycles. The van der Waals surface area contributed by atoms with Crippen molar-refractivity contribution in [2.75, 3.05) is 0 Å². The van der Waals surface area contributed by atoms with E-state index in [-0.39, 0.29) is 5.91 Å². The van der Waals surface area contributed by atoms with Gasteiger partial charge in [-0.3, -0.25) is 10.1 Å². The molecule has 1 aliphatic carbocycles. The van der Waals surface area contributed by atoms with Crippen molar-refractivity contribution in [3.63, 3.8) is 0 Å². The molecule has 1 unspecified atom stereocenters. The first kappa shape index (κ1) is 20.1. The fourth-order valence-corrected chi connectivity index (χ4v) is 3.71. The molecule has 0 aliphatic heterocycles. The van der Waals surface area contributed by atoms with E-state index in [4.69, 9.17) is 0 Å². The van der Waals surface area contributed by atoms with Crippen molar-refractivity contribution >= 4 is 21.8 Å². The van der Waals surface area contributed by atoms with Crippen LogP contribution in [0.3, 0.4) is 0 Å². The number of carbonyl (C=O) groups excluding carboxylic acids is 1. The molecule has 3 rings (SSSR count). The third-order valence-electron chi connectivity index (χ3n) is 5.09. The lowest BCUT2D eigenvalue weighted by Crippen LogP contribution is -2.34. The van der Waals surface area contributed by atoms with E-state index in [2.05, 4.69) is 26.6 Å². The van der Waals surface area contributed by atoms with Crippen LogP contribution >= 0.6 is 15.9 Å². The minimum atomic E-state index is -0.726. The summed E-state index contributed by atoms with van der Waals surface area (Å²) in [5.74, 6) is 0.0105. The number of hydrogen-bond acceptors (Lipinski definition) is 3. The number of amides is 1. The summed E-state index contributed by atoms with van der Waals surface area (Å²) in [4.78, 5) is 12.4. The van der Waals surface area contributed by atoms with E-state index in [0.29, 0.717) is 18.2 Å². The molecule has 144 valence electrons. The molecule has 1 amide bonds. The zero-order valence-electron chi connectivity index (χ0n) is 15.5. The van der Waals surface area contributed by atoms with Crippen LogP contribution in [0, 0.1) is 0 Å². The lowest BCUT2D eigenvalue weighted by molar-refractivity contribution is 0.0933. The average molecular weight is 431 g/mol. The first-order valence-electron chi connectivity index (χ1n) is 9.68. The highest BCUT2D eigenvalue weighted by molar-refractivity contribution is 9.10. The van der Waals surface area contributed by atoms with Crippen LogP contribution < -0.4 is 10.6 Å². The molecule has 0 spiro atoms. The molecular weight excluding hydrogens is 404 g/mol. The summed E-state index contributed by atoms with van der Waals surface area (Å²) in [6.45, 7) is 0.530. The molecule has 1 atom stereocenters. The van der Waals surface area contributed by atoms with Gasteiger partial charge in [-0.15, -0.1) is 0 Å². The summed E-state index contributed by atoms with van der Waals surface area (Å²) >= 11 is 3.39. The van der Waals surface area contributed by atoms with Gasteiger partial charge in [0, 0.05) is 22.6 Å². The Kier molecular flexibility index (Phi) is 7.44. The van der Waals surface area contributed by atoms with Gasteiger partial charge >= 0.3 is 0 Å². The summed E-state index contributed by atoms with van der Waals surface area (Å²) in [5, 5.41) is 16.5. The number of aliphatic hydroxyl groups excluding tert-OH is 1. The van der Waals surface area contributed by atoms with Crippen molar-refractivity contribution in [1.29, 1.82) is 0 Å². The molecule has 3 N–H and O–H groups in total. The van der Waals surface area contributed by atoms with Crippen LogP contribution in [0.1, 0.15) is 66.2 Å². The Morgan fingerprint density at radius 1 is 1.00 bits per heavy atom. The molecule has 1 aliphatic rings. The van der Waals surface area contributed by atoms with Crippen LogP contribution in [-0.2, 0) is 6.54 Å². The fraction of sp³-hybridized carbons (Fsp3) is 0.409. The monoisotopic (exact) mass is 430 g/mol. The molecule has 4 nitrogen and oxygen atoms in total. The summed E-state index contributed by atoms with van der Waals surface area (Å²) < 4.78 is 0.983. The van der Waals surface area contributed by atoms with E-state index < -0.39 is 6.23 Å². The van der Waals surface area contributed by atoms with Crippen LogP contribution in [-0.4, -0.2) is 17.1 Å². The molecule has 5 heteroatoms. The van der Waals surface area contributed by atoms with Crippen LogP contribution in [0.4, 0.5) is 0 Å². The quantitative estimate of drug-likeness (QED) is 0.460. The number of rotatable bonds is 6. The SMILES string of the molecule is O=C(NC1CCCCCC1)c1ccc(CNC(O)c2ccc(Br)cc2)cc1. The zero-order valence-corrected chi connectivity index (χ0v) is 17.0. The highest BCUT2D eigenvalue weighted by Gasteiger charge is 2.15. The maximum Gasteiger partial charge on any atom is 0.251 e. The van der Waals surface area contributed by atoms with Crippen molar-refractivity contribution in [3.8, 4) is 0 Å². The average Bonchev–Trinajstić information content (AvgIpc) is 2.95. The molecule has 1 fully saturated rings. The number of nitrogens with one attached hydrogen (secondary N) is 2. The first-order chi connectivity index (χ1) is 13.1. The van der Waals surface area contributed by atoms with Crippen LogP contribution in [0.5, 0.6) is 0 Å². The number of hydrogen-bond donors (Lipinski definition) is 3. The Balaban J connectivity index is 1.50. The standard InChI is InChI=1S/C22H27BrN2O2/c23-19-13-11-17(12-14-19)21(26)24-15-16-7-9-18(10-8-16)22(27)25-20-5-3-1-2-4-6-20/h7-14,20-21,24,26H,1-6,15H2,(H,25,27). The molecule has 27 heavy (non-hydrogen) atoms. The molecule has 0 bridgehead atoms. The van der Waals surface area contributed by atoms with Gasteiger partial charge < -0.3 is 10.4 Å². The van der Waals surface area contributed by atoms with E-state index in [0.717, 1.165) is 28.4 Å². The van der Waals surface area contributed by atoms with E-state index in [1.165, 1.54) is 25.7 Å². The third-order valence-corrected chi connectivity index (χ3v) is 5.62. The topological polar surface area (TPSA) is 61.4 Å². The van der Waals surface area contributed by atoms with Crippen LogP contribution in [0.2, 0.25) is 0 Å². The number of benzene rings is 2. The van der Waals surface area contributed by atoms with Gasteiger partial charge in [0.1, 0.15) is 6.23 Å². The molecular formula is C22H27BrN2O2. The van der Waals surface area contributed by atoms with Gasteiger partial charge in [0.25, 0.3) is 5.91 Å². The second kappa shape index (κ2) is 10.0. The lowest BCUT2D eigenvalue weighted by atomic mass is 10.1. The van der Waals surface area contributed by atoms with Crippen LogP contribution in [0.15, 0.2) is 53.0 Å². The largest absolute Gasteiger partial charge is 0.374 e. The minimum Gasteiger partial charge on any atom is -0.374 e. The maximum atomic E-state index is 12.4.